The number of para-hydroxylation sites is 1. The fourth-order valence-corrected chi connectivity index (χ4v) is 3.82. The van der Waals surface area contributed by atoms with Gasteiger partial charge in [0.2, 0.25) is 0 Å². The summed E-state index contributed by atoms with van der Waals surface area (Å²) in [5.74, 6) is -0.0990. The summed E-state index contributed by atoms with van der Waals surface area (Å²) in [6, 6.07) is 17.8. The summed E-state index contributed by atoms with van der Waals surface area (Å²) in [5, 5.41) is 3.32. The molecule has 0 unspecified atom stereocenters. The van der Waals surface area contributed by atoms with E-state index in [2.05, 4.69) is 0 Å². The zero-order valence-corrected chi connectivity index (χ0v) is 16.0. The highest BCUT2D eigenvalue weighted by atomic mass is 32.2. The average Bonchev–Trinajstić information content (AvgIpc) is 2.89. The van der Waals surface area contributed by atoms with Crippen molar-refractivity contribution < 1.29 is 4.79 Å². The number of hydrogen-bond donors (Lipinski definition) is 0. The predicted octanol–water partition coefficient (Wildman–Crippen LogP) is 4.01. The molecule has 0 atom stereocenters. The van der Waals surface area contributed by atoms with Crippen LogP contribution in [0.5, 0.6) is 0 Å². The number of amides is 1. The zero-order valence-electron chi connectivity index (χ0n) is 14.3. The van der Waals surface area contributed by atoms with Gasteiger partial charge in [-0.1, -0.05) is 42.1 Å². The van der Waals surface area contributed by atoms with Crippen molar-refractivity contribution in [3.05, 3.63) is 65.1 Å². The molecule has 1 amide bonds. The molecule has 0 N–H and O–H groups in total. The molecule has 0 aliphatic carbocycles. The van der Waals surface area contributed by atoms with Crippen LogP contribution in [0.3, 0.4) is 0 Å². The van der Waals surface area contributed by atoms with Crippen LogP contribution in [-0.4, -0.2) is 36.4 Å². The summed E-state index contributed by atoms with van der Waals surface area (Å²) in [6.45, 7) is 0. The lowest BCUT2D eigenvalue weighted by atomic mass is 10.2. The SMILES string of the molecule is CN(C)c1ccc(C=C2SC(=S)N(N(C)c3ccccc3)C2=O)cc1. The van der Waals surface area contributed by atoms with Crippen molar-refractivity contribution in [1.82, 2.24) is 5.01 Å². The lowest BCUT2D eigenvalue weighted by Crippen LogP contribution is -2.42. The molecule has 0 bridgehead atoms. The normalized spacial score (nSPS) is 15.8. The first-order valence-corrected chi connectivity index (χ1v) is 9.04. The Labute approximate surface area is 157 Å². The van der Waals surface area contributed by atoms with Crippen molar-refractivity contribution in [2.45, 2.75) is 0 Å². The Morgan fingerprint density at radius 2 is 1.60 bits per heavy atom. The fraction of sp³-hybridized carbons (Fsp3) is 0.158. The molecule has 25 heavy (non-hydrogen) atoms. The molecule has 1 saturated heterocycles. The lowest BCUT2D eigenvalue weighted by molar-refractivity contribution is -0.122. The summed E-state index contributed by atoms with van der Waals surface area (Å²) >= 11 is 6.75. The second-order valence-electron chi connectivity index (χ2n) is 5.84. The molecule has 0 saturated carbocycles. The quantitative estimate of drug-likeness (QED) is 0.600. The Hall–Kier alpha value is -2.31. The third-order valence-electron chi connectivity index (χ3n) is 3.91. The topological polar surface area (TPSA) is 26.8 Å². The molecule has 1 heterocycles. The van der Waals surface area contributed by atoms with Gasteiger partial charge in [-0.05, 0) is 48.1 Å². The number of rotatable bonds is 4. The molecule has 2 aromatic carbocycles. The van der Waals surface area contributed by atoms with E-state index in [0.717, 1.165) is 16.9 Å². The second-order valence-corrected chi connectivity index (χ2v) is 7.51. The molecular weight excluding hydrogens is 350 g/mol. The molecule has 1 fully saturated rings. The van der Waals surface area contributed by atoms with Gasteiger partial charge in [-0.15, -0.1) is 0 Å². The largest absolute Gasteiger partial charge is 0.378 e. The maximum Gasteiger partial charge on any atom is 0.285 e. The first-order valence-electron chi connectivity index (χ1n) is 7.81. The van der Waals surface area contributed by atoms with Crippen LogP contribution in [0.15, 0.2) is 59.5 Å². The van der Waals surface area contributed by atoms with Crippen molar-refractivity contribution in [2.75, 3.05) is 31.1 Å². The maximum atomic E-state index is 12.8. The molecule has 128 valence electrons. The van der Waals surface area contributed by atoms with Crippen molar-refractivity contribution >= 4 is 51.7 Å². The van der Waals surface area contributed by atoms with E-state index < -0.39 is 0 Å². The van der Waals surface area contributed by atoms with Crippen LogP contribution in [0.2, 0.25) is 0 Å². The third kappa shape index (κ3) is 3.70. The Kier molecular flexibility index (Phi) is 5.11. The minimum atomic E-state index is -0.0990. The van der Waals surface area contributed by atoms with Crippen molar-refractivity contribution in [1.29, 1.82) is 0 Å². The van der Waals surface area contributed by atoms with Crippen LogP contribution in [0.4, 0.5) is 11.4 Å². The van der Waals surface area contributed by atoms with Gasteiger partial charge in [0.25, 0.3) is 5.91 Å². The van der Waals surface area contributed by atoms with E-state index >= 15 is 0 Å². The monoisotopic (exact) mass is 369 g/mol. The standard InChI is InChI=1S/C19H19N3OS2/c1-20(2)15-11-9-14(10-12-15)13-17-18(23)22(19(24)25-17)21(3)16-7-5-4-6-8-16/h4-13H,1-3H3. The highest BCUT2D eigenvalue weighted by molar-refractivity contribution is 8.26. The Morgan fingerprint density at radius 1 is 0.960 bits per heavy atom. The molecule has 3 rings (SSSR count). The predicted molar refractivity (Wildman–Crippen MR) is 111 cm³/mol. The Balaban J connectivity index is 1.83. The van der Waals surface area contributed by atoms with E-state index in [1.54, 1.807) is 5.01 Å². The van der Waals surface area contributed by atoms with Gasteiger partial charge in [0.1, 0.15) is 0 Å². The molecule has 0 spiro atoms. The fourth-order valence-electron chi connectivity index (χ4n) is 2.50. The van der Waals surface area contributed by atoms with Crippen molar-refractivity contribution in [3.63, 3.8) is 0 Å². The Bertz CT molecular complexity index is 816. The molecule has 6 heteroatoms. The molecule has 1 aliphatic rings. The van der Waals surface area contributed by atoms with Crippen LogP contribution >= 0.6 is 24.0 Å². The van der Waals surface area contributed by atoms with Gasteiger partial charge in [-0.3, -0.25) is 9.80 Å². The van der Waals surface area contributed by atoms with Gasteiger partial charge in [0, 0.05) is 26.8 Å². The number of nitrogens with zero attached hydrogens (tertiary/aromatic N) is 3. The van der Waals surface area contributed by atoms with E-state index in [1.807, 2.05) is 86.7 Å². The zero-order chi connectivity index (χ0) is 18.0. The van der Waals surface area contributed by atoms with Gasteiger partial charge in [-0.25, -0.2) is 0 Å². The van der Waals surface area contributed by atoms with Gasteiger partial charge in [0.15, 0.2) is 4.32 Å². The number of carbonyl (C=O) groups is 1. The minimum absolute atomic E-state index is 0.0990. The number of anilines is 2. The molecule has 0 radical (unpaired) electrons. The van der Waals surface area contributed by atoms with Crippen LogP contribution in [-0.2, 0) is 4.79 Å². The minimum Gasteiger partial charge on any atom is -0.378 e. The van der Waals surface area contributed by atoms with Crippen molar-refractivity contribution in [2.24, 2.45) is 0 Å². The molecule has 0 aromatic heterocycles. The first-order chi connectivity index (χ1) is 12.0. The maximum absolute atomic E-state index is 12.8. The molecule has 4 nitrogen and oxygen atoms in total. The molecule has 2 aromatic rings. The highest BCUT2D eigenvalue weighted by Gasteiger charge is 2.35. The lowest BCUT2D eigenvalue weighted by Gasteiger charge is -2.28. The molecule has 1 aliphatic heterocycles. The number of benzene rings is 2. The number of hydrogen-bond acceptors (Lipinski definition) is 5. The number of thiocarbonyl (C=S) groups is 1. The third-order valence-corrected chi connectivity index (χ3v) is 5.19. The van der Waals surface area contributed by atoms with Crippen LogP contribution < -0.4 is 9.91 Å². The van der Waals surface area contributed by atoms with Crippen LogP contribution in [0, 0.1) is 0 Å². The Morgan fingerprint density at radius 3 is 2.20 bits per heavy atom. The summed E-state index contributed by atoms with van der Waals surface area (Å²) in [7, 11) is 5.84. The van der Waals surface area contributed by atoms with Crippen molar-refractivity contribution in [3.8, 4) is 0 Å². The van der Waals surface area contributed by atoms with E-state index in [9.17, 15) is 4.79 Å². The smallest absolute Gasteiger partial charge is 0.285 e. The number of thioether (sulfide) groups is 1. The van der Waals surface area contributed by atoms with Gasteiger partial charge in [0.05, 0.1) is 10.6 Å². The first kappa shape index (κ1) is 17.5. The summed E-state index contributed by atoms with van der Waals surface area (Å²) in [6.07, 6.45) is 1.89. The summed E-state index contributed by atoms with van der Waals surface area (Å²) in [5.41, 5.74) is 3.01. The molecular formula is C19H19N3OS2. The van der Waals surface area contributed by atoms with Crippen LogP contribution in [0.25, 0.3) is 6.08 Å². The number of carbonyl (C=O) groups excluding carboxylic acids is 1. The second kappa shape index (κ2) is 7.29. The summed E-state index contributed by atoms with van der Waals surface area (Å²) < 4.78 is 0.535. The van der Waals surface area contributed by atoms with E-state index in [4.69, 9.17) is 12.2 Å². The van der Waals surface area contributed by atoms with E-state index in [1.165, 1.54) is 16.8 Å². The summed E-state index contributed by atoms with van der Waals surface area (Å²) in [4.78, 5) is 15.5. The number of hydrazine groups is 1. The van der Waals surface area contributed by atoms with Gasteiger partial charge < -0.3 is 4.90 Å². The average molecular weight is 370 g/mol. The highest BCUT2D eigenvalue weighted by Crippen LogP contribution is 2.34. The van der Waals surface area contributed by atoms with E-state index in [0.29, 0.717) is 9.23 Å². The van der Waals surface area contributed by atoms with Crippen LogP contribution in [0.1, 0.15) is 5.56 Å². The van der Waals surface area contributed by atoms with Gasteiger partial charge >= 0.3 is 0 Å². The van der Waals surface area contributed by atoms with Gasteiger partial charge in [-0.2, -0.15) is 5.01 Å². The van der Waals surface area contributed by atoms with E-state index in [-0.39, 0.29) is 5.91 Å².